The highest BCUT2D eigenvalue weighted by Gasteiger charge is 2.18. The SMILES string of the molecule is CCC(=C(c1ccccc1)c1ccc(OCC(O)CN(C)CC)cc1)c1ccc2c(c1)OCO2. The number of aliphatic hydroxyl groups excluding tert-OH is 1. The molecule has 1 aliphatic rings. The van der Waals surface area contributed by atoms with Crippen molar-refractivity contribution in [2.75, 3.05) is 33.5 Å². The summed E-state index contributed by atoms with van der Waals surface area (Å²) in [5, 5.41) is 10.2. The Bertz CT molecular complexity index is 1110. The lowest BCUT2D eigenvalue weighted by molar-refractivity contribution is 0.0779. The van der Waals surface area contributed by atoms with E-state index in [9.17, 15) is 5.11 Å². The zero-order valence-electron chi connectivity index (χ0n) is 20.2. The average Bonchev–Trinajstić information content (AvgIpc) is 3.35. The lowest BCUT2D eigenvalue weighted by Gasteiger charge is -2.19. The summed E-state index contributed by atoms with van der Waals surface area (Å²) in [5.41, 5.74) is 5.80. The van der Waals surface area contributed by atoms with Gasteiger partial charge < -0.3 is 24.2 Å². The number of ether oxygens (including phenoxy) is 3. The normalized spacial score (nSPS) is 14.1. The van der Waals surface area contributed by atoms with Gasteiger partial charge in [-0.15, -0.1) is 0 Å². The van der Waals surface area contributed by atoms with Gasteiger partial charge in [0.2, 0.25) is 6.79 Å². The maximum Gasteiger partial charge on any atom is 0.231 e. The Kier molecular flexibility index (Phi) is 7.88. The lowest BCUT2D eigenvalue weighted by atomic mass is 9.88. The molecule has 4 rings (SSSR count). The van der Waals surface area contributed by atoms with Gasteiger partial charge in [-0.3, -0.25) is 0 Å². The van der Waals surface area contributed by atoms with Crippen LogP contribution in [0.15, 0.2) is 72.8 Å². The van der Waals surface area contributed by atoms with Gasteiger partial charge in [-0.2, -0.15) is 0 Å². The van der Waals surface area contributed by atoms with Crippen LogP contribution >= 0.6 is 0 Å². The van der Waals surface area contributed by atoms with Gasteiger partial charge in [0.15, 0.2) is 11.5 Å². The Morgan fingerprint density at radius 1 is 0.912 bits per heavy atom. The second kappa shape index (κ2) is 11.2. The molecule has 0 aliphatic carbocycles. The fourth-order valence-electron chi connectivity index (χ4n) is 4.18. The van der Waals surface area contributed by atoms with Gasteiger partial charge >= 0.3 is 0 Å². The van der Waals surface area contributed by atoms with Crippen molar-refractivity contribution in [1.29, 1.82) is 0 Å². The van der Waals surface area contributed by atoms with E-state index in [1.807, 2.05) is 31.3 Å². The first kappa shape index (κ1) is 23.9. The molecule has 0 bridgehead atoms. The molecular formula is C29H33NO4. The molecule has 1 aliphatic heterocycles. The van der Waals surface area contributed by atoms with Crippen LogP contribution in [0.25, 0.3) is 11.1 Å². The molecule has 0 aromatic heterocycles. The number of rotatable bonds is 10. The summed E-state index contributed by atoms with van der Waals surface area (Å²) in [6.07, 6.45) is 0.335. The molecule has 1 N–H and O–H groups in total. The van der Waals surface area contributed by atoms with Gasteiger partial charge in [0.25, 0.3) is 0 Å². The summed E-state index contributed by atoms with van der Waals surface area (Å²) in [5.74, 6) is 2.32. The van der Waals surface area contributed by atoms with Gasteiger partial charge in [0.05, 0.1) is 0 Å². The number of fused-ring (bicyclic) bond motifs is 1. The highest BCUT2D eigenvalue weighted by Crippen LogP contribution is 2.39. The third-order valence-electron chi connectivity index (χ3n) is 6.09. The minimum Gasteiger partial charge on any atom is -0.491 e. The van der Waals surface area contributed by atoms with Crippen molar-refractivity contribution in [3.63, 3.8) is 0 Å². The summed E-state index contributed by atoms with van der Waals surface area (Å²) in [6, 6.07) is 24.7. The van der Waals surface area contributed by atoms with Crippen LogP contribution in [0.4, 0.5) is 0 Å². The molecular weight excluding hydrogens is 426 g/mol. The molecule has 5 nitrogen and oxygen atoms in total. The number of nitrogens with zero attached hydrogens (tertiary/aromatic N) is 1. The van der Waals surface area contributed by atoms with E-state index in [1.165, 1.54) is 11.1 Å². The first-order valence-electron chi connectivity index (χ1n) is 11.9. The van der Waals surface area contributed by atoms with E-state index in [0.717, 1.165) is 46.9 Å². The highest BCUT2D eigenvalue weighted by atomic mass is 16.7. The van der Waals surface area contributed by atoms with Crippen LogP contribution in [-0.2, 0) is 0 Å². The van der Waals surface area contributed by atoms with Gasteiger partial charge in [-0.1, -0.05) is 62.4 Å². The van der Waals surface area contributed by atoms with Crippen molar-refractivity contribution >= 4 is 11.1 Å². The number of likely N-dealkylation sites (N-methyl/N-ethyl adjacent to an activating group) is 1. The van der Waals surface area contributed by atoms with Crippen LogP contribution in [0.2, 0.25) is 0 Å². The van der Waals surface area contributed by atoms with Crippen molar-refractivity contribution in [3.05, 3.63) is 89.5 Å². The molecule has 0 saturated carbocycles. The minimum atomic E-state index is -0.526. The Labute approximate surface area is 202 Å². The quantitative estimate of drug-likeness (QED) is 0.407. The summed E-state index contributed by atoms with van der Waals surface area (Å²) < 4.78 is 17.0. The van der Waals surface area contributed by atoms with E-state index in [-0.39, 0.29) is 13.4 Å². The molecule has 3 aromatic carbocycles. The van der Waals surface area contributed by atoms with Crippen molar-refractivity contribution in [2.24, 2.45) is 0 Å². The molecule has 0 amide bonds. The molecule has 0 radical (unpaired) electrons. The van der Waals surface area contributed by atoms with Crippen molar-refractivity contribution < 1.29 is 19.3 Å². The van der Waals surface area contributed by atoms with Crippen LogP contribution in [0.5, 0.6) is 17.2 Å². The van der Waals surface area contributed by atoms with E-state index < -0.39 is 6.10 Å². The van der Waals surface area contributed by atoms with E-state index in [2.05, 4.69) is 67.3 Å². The Morgan fingerprint density at radius 3 is 2.29 bits per heavy atom. The van der Waals surface area contributed by atoms with Gasteiger partial charge in [0.1, 0.15) is 18.5 Å². The molecule has 0 saturated heterocycles. The van der Waals surface area contributed by atoms with E-state index in [1.54, 1.807) is 0 Å². The van der Waals surface area contributed by atoms with E-state index in [0.29, 0.717) is 6.54 Å². The van der Waals surface area contributed by atoms with Crippen LogP contribution < -0.4 is 14.2 Å². The third-order valence-corrected chi connectivity index (χ3v) is 6.09. The van der Waals surface area contributed by atoms with Gasteiger partial charge in [-0.25, -0.2) is 0 Å². The van der Waals surface area contributed by atoms with Gasteiger partial charge in [0, 0.05) is 6.54 Å². The summed E-state index contributed by atoms with van der Waals surface area (Å²) in [6.45, 7) is 6.25. The Balaban J connectivity index is 1.64. The summed E-state index contributed by atoms with van der Waals surface area (Å²) >= 11 is 0. The topological polar surface area (TPSA) is 51.2 Å². The number of hydrogen-bond acceptors (Lipinski definition) is 5. The Morgan fingerprint density at radius 2 is 1.59 bits per heavy atom. The number of allylic oxidation sites excluding steroid dienone is 1. The van der Waals surface area contributed by atoms with Crippen LogP contribution in [-0.4, -0.2) is 49.6 Å². The molecule has 178 valence electrons. The third kappa shape index (κ3) is 5.61. The minimum absolute atomic E-state index is 0.264. The van der Waals surface area contributed by atoms with Gasteiger partial charge in [-0.05, 0) is 72.1 Å². The molecule has 5 heteroatoms. The van der Waals surface area contributed by atoms with Crippen molar-refractivity contribution in [1.82, 2.24) is 4.90 Å². The average molecular weight is 460 g/mol. The Hall–Kier alpha value is -3.28. The van der Waals surface area contributed by atoms with Crippen molar-refractivity contribution in [2.45, 2.75) is 26.4 Å². The largest absolute Gasteiger partial charge is 0.491 e. The standard InChI is InChI=1S/C29H33NO4/c1-4-26(23-13-16-27-28(17-23)34-20-33-27)29(21-9-7-6-8-10-21)22-11-14-25(15-12-22)32-19-24(31)18-30(3)5-2/h6-17,24,31H,4-5,18-20H2,1-3H3. The number of aliphatic hydroxyl groups is 1. The second-order valence-corrected chi connectivity index (χ2v) is 8.49. The van der Waals surface area contributed by atoms with Crippen LogP contribution in [0.1, 0.15) is 37.0 Å². The van der Waals surface area contributed by atoms with Crippen molar-refractivity contribution in [3.8, 4) is 17.2 Å². The fraction of sp³-hybridized carbons (Fsp3) is 0.310. The zero-order chi connectivity index (χ0) is 23.9. The summed E-state index contributed by atoms with van der Waals surface area (Å²) in [4.78, 5) is 2.07. The second-order valence-electron chi connectivity index (χ2n) is 8.49. The molecule has 0 spiro atoms. The molecule has 1 unspecified atom stereocenters. The summed E-state index contributed by atoms with van der Waals surface area (Å²) in [7, 11) is 1.99. The van der Waals surface area contributed by atoms with Crippen LogP contribution in [0.3, 0.4) is 0 Å². The molecule has 1 heterocycles. The predicted octanol–water partition coefficient (Wildman–Crippen LogP) is 5.48. The highest BCUT2D eigenvalue weighted by molar-refractivity contribution is 5.98. The molecule has 0 fully saturated rings. The lowest BCUT2D eigenvalue weighted by Crippen LogP contribution is -2.32. The monoisotopic (exact) mass is 459 g/mol. The maximum absolute atomic E-state index is 10.2. The first-order valence-corrected chi connectivity index (χ1v) is 11.9. The number of benzene rings is 3. The fourth-order valence-corrected chi connectivity index (χ4v) is 4.18. The van der Waals surface area contributed by atoms with E-state index in [4.69, 9.17) is 14.2 Å². The molecule has 1 atom stereocenters. The molecule has 34 heavy (non-hydrogen) atoms. The zero-order valence-corrected chi connectivity index (χ0v) is 20.2. The van der Waals surface area contributed by atoms with E-state index >= 15 is 0 Å². The molecule has 3 aromatic rings. The first-order chi connectivity index (χ1) is 16.6. The smallest absolute Gasteiger partial charge is 0.231 e. The van der Waals surface area contributed by atoms with Crippen LogP contribution in [0, 0.1) is 0 Å². The maximum atomic E-state index is 10.2. The predicted molar refractivity (Wildman–Crippen MR) is 136 cm³/mol. The number of hydrogen-bond donors (Lipinski definition) is 1.